The van der Waals surface area contributed by atoms with E-state index in [1.165, 1.54) is 6.33 Å². The van der Waals surface area contributed by atoms with Crippen LogP contribution in [0.4, 0.5) is 0 Å². The average Bonchev–Trinajstić information content (AvgIpc) is 3.16. The van der Waals surface area contributed by atoms with Crippen LogP contribution in [0.1, 0.15) is 23.2 Å². The van der Waals surface area contributed by atoms with Gasteiger partial charge in [0.2, 0.25) is 0 Å². The van der Waals surface area contributed by atoms with Crippen LogP contribution in [-0.2, 0) is 0 Å². The first-order valence-corrected chi connectivity index (χ1v) is 8.33. The maximum Gasteiger partial charge on any atom is 0.253 e. The Hall–Kier alpha value is -1.67. The van der Waals surface area contributed by atoms with Crippen molar-refractivity contribution in [3.63, 3.8) is 0 Å². The molecule has 0 aliphatic carbocycles. The van der Waals surface area contributed by atoms with Gasteiger partial charge in [-0.15, -0.1) is 24.8 Å². The Morgan fingerprint density at radius 1 is 1.23 bits per heavy atom. The van der Waals surface area contributed by atoms with Gasteiger partial charge >= 0.3 is 0 Å². The quantitative estimate of drug-likeness (QED) is 0.824. The van der Waals surface area contributed by atoms with E-state index in [-0.39, 0.29) is 30.7 Å². The summed E-state index contributed by atoms with van der Waals surface area (Å²) in [4.78, 5) is 20.8. The maximum absolute atomic E-state index is 12.7. The molecular weight excluding hydrogens is 375 g/mol. The molecule has 1 aromatic carbocycles. The fourth-order valence-electron chi connectivity index (χ4n) is 3.18. The number of amides is 1. The molecule has 9 heteroatoms. The van der Waals surface area contributed by atoms with Crippen molar-refractivity contribution in [2.45, 2.75) is 18.9 Å². The molecule has 1 aromatic heterocycles. The van der Waals surface area contributed by atoms with E-state index in [1.54, 1.807) is 11.0 Å². The Balaban J connectivity index is 0.00000169. The van der Waals surface area contributed by atoms with Crippen LogP contribution < -0.4 is 5.73 Å². The molecule has 1 amide bonds. The van der Waals surface area contributed by atoms with Gasteiger partial charge in [0, 0.05) is 37.8 Å². The highest BCUT2D eigenvalue weighted by Crippen LogP contribution is 2.18. The number of benzene rings is 1. The first kappa shape index (κ1) is 22.4. The van der Waals surface area contributed by atoms with Gasteiger partial charge in [0.25, 0.3) is 5.91 Å². The summed E-state index contributed by atoms with van der Waals surface area (Å²) in [6, 6.07) is 8.01. The number of hydrogen-bond donors (Lipinski definition) is 1. The van der Waals surface area contributed by atoms with Crippen LogP contribution in [0.5, 0.6) is 0 Å². The molecule has 0 radical (unpaired) electrons. The molecular formula is C17H26Cl2N6O. The third kappa shape index (κ3) is 5.17. The fraction of sp³-hybridized carbons (Fsp3) is 0.471. The number of rotatable bonds is 5. The standard InChI is InChI=1S/C17H24N6O.2ClH/c1-21(11-8-18)15-6-9-22(10-7-15)17(24)14-2-4-16(5-3-14)23-13-19-12-20-23;;/h2-5,12-13,15H,6-11,18H2,1H3;2*1H. The molecule has 0 saturated carbocycles. The summed E-state index contributed by atoms with van der Waals surface area (Å²) in [7, 11) is 2.11. The summed E-state index contributed by atoms with van der Waals surface area (Å²) in [5, 5.41) is 4.09. The van der Waals surface area contributed by atoms with Gasteiger partial charge in [-0.2, -0.15) is 5.10 Å². The van der Waals surface area contributed by atoms with Crippen LogP contribution >= 0.6 is 24.8 Å². The van der Waals surface area contributed by atoms with Crippen LogP contribution in [-0.4, -0.2) is 69.7 Å². The Kier molecular flexibility index (Phi) is 9.01. The van der Waals surface area contributed by atoms with Crippen molar-refractivity contribution >= 4 is 30.7 Å². The smallest absolute Gasteiger partial charge is 0.253 e. The number of nitrogens with two attached hydrogens (primary N) is 1. The highest BCUT2D eigenvalue weighted by molar-refractivity contribution is 5.94. The summed E-state index contributed by atoms with van der Waals surface area (Å²) >= 11 is 0. The van der Waals surface area contributed by atoms with Crippen LogP contribution in [0.25, 0.3) is 5.69 Å². The summed E-state index contributed by atoms with van der Waals surface area (Å²) in [6.07, 6.45) is 5.13. The van der Waals surface area contributed by atoms with Crippen molar-refractivity contribution in [2.75, 3.05) is 33.2 Å². The molecule has 2 heterocycles. The zero-order valence-electron chi connectivity index (χ0n) is 14.8. The molecule has 144 valence electrons. The van der Waals surface area contributed by atoms with Crippen LogP contribution in [0, 0.1) is 0 Å². The zero-order valence-corrected chi connectivity index (χ0v) is 16.5. The molecule has 2 N–H and O–H groups in total. The average molecular weight is 401 g/mol. The Morgan fingerprint density at radius 3 is 2.42 bits per heavy atom. The van der Waals surface area contributed by atoms with E-state index < -0.39 is 0 Å². The van der Waals surface area contributed by atoms with Crippen LogP contribution in [0.3, 0.4) is 0 Å². The first-order valence-electron chi connectivity index (χ1n) is 8.33. The molecule has 1 saturated heterocycles. The minimum Gasteiger partial charge on any atom is -0.339 e. The lowest BCUT2D eigenvalue weighted by molar-refractivity contribution is 0.0648. The van der Waals surface area contributed by atoms with Gasteiger partial charge in [0.1, 0.15) is 12.7 Å². The lowest BCUT2D eigenvalue weighted by Gasteiger charge is -2.36. The number of likely N-dealkylation sites (tertiary alicyclic amines) is 1. The largest absolute Gasteiger partial charge is 0.339 e. The van der Waals surface area contributed by atoms with Crippen molar-refractivity contribution in [1.82, 2.24) is 24.6 Å². The minimum atomic E-state index is 0. The number of hydrogen-bond acceptors (Lipinski definition) is 5. The fourth-order valence-corrected chi connectivity index (χ4v) is 3.18. The summed E-state index contributed by atoms with van der Waals surface area (Å²) < 4.78 is 1.67. The Bertz CT molecular complexity index is 656. The molecule has 0 unspecified atom stereocenters. The molecule has 0 bridgehead atoms. The molecule has 1 fully saturated rings. The van der Waals surface area contributed by atoms with E-state index >= 15 is 0 Å². The van der Waals surface area contributed by atoms with Gasteiger partial charge in [0.05, 0.1) is 5.69 Å². The van der Waals surface area contributed by atoms with Gasteiger partial charge < -0.3 is 15.5 Å². The van der Waals surface area contributed by atoms with Crippen molar-refractivity contribution in [3.8, 4) is 5.69 Å². The molecule has 26 heavy (non-hydrogen) atoms. The Morgan fingerprint density at radius 2 is 1.88 bits per heavy atom. The predicted octanol–water partition coefficient (Wildman–Crippen LogP) is 1.61. The van der Waals surface area contributed by atoms with E-state index in [0.717, 1.165) is 38.2 Å². The number of carbonyl (C=O) groups is 1. The number of piperidine rings is 1. The topological polar surface area (TPSA) is 80.3 Å². The summed E-state index contributed by atoms with van der Waals surface area (Å²) in [5.74, 6) is 0.0973. The molecule has 3 rings (SSSR count). The second-order valence-electron chi connectivity index (χ2n) is 6.18. The highest BCUT2D eigenvalue weighted by Gasteiger charge is 2.25. The van der Waals surface area contributed by atoms with E-state index in [9.17, 15) is 4.79 Å². The lowest BCUT2D eigenvalue weighted by Crippen LogP contribution is -2.46. The molecule has 0 spiro atoms. The monoisotopic (exact) mass is 400 g/mol. The molecule has 2 aromatic rings. The Labute approximate surface area is 166 Å². The van der Waals surface area contributed by atoms with Gasteiger partial charge in [-0.05, 0) is 44.2 Å². The minimum absolute atomic E-state index is 0. The SMILES string of the molecule is CN(CCN)C1CCN(C(=O)c2ccc(-n3cncn3)cc2)CC1.Cl.Cl. The number of halogens is 2. The predicted molar refractivity (Wildman–Crippen MR) is 106 cm³/mol. The molecule has 1 aliphatic rings. The van der Waals surface area contributed by atoms with Crippen molar-refractivity contribution < 1.29 is 4.79 Å². The van der Waals surface area contributed by atoms with Gasteiger partial charge in [-0.25, -0.2) is 9.67 Å². The number of likely N-dealkylation sites (N-methyl/N-ethyl adjacent to an activating group) is 1. The van der Waals surface area contributed by atoms with Gasteiger partial charge in [0.15, 0.2) is 0 Å². The number of aromatic nitrogens is 3. The highest BCUT2D eigenvalue weighted by atomic mass is 35.5. The van der Waals surface area contributed by atoms with Crippen LogP contribution in [0.2, 0.25) is 0 Å². The van der Waals surface area contributed by atoms with E-state index in [0.29, 0.717) is 18.2 Å². The molecule has 7 nitrogen and oxygen atoms in total. The lowest BCUT2D eigenvalue weighted by atomic mass is 10.0. The molecule has 1 aliphatic heterocycles. The van der Waals surface area contributed by atoms with Crippen LogP contribution in [0.15, 0.2) is 36.9 Å². The summed E-state index contributed by atoms with van der Waals surface area (Å²) in [6.45, 7) is 3.17. The van der Waals surface area contributed by atoms with Crippen molar-refractivity contribution in [2.24, 2.45) is 5.73 Å². The zero-order chi connectivity index (χ0) is 16.9. The number of carbonyl (C=O) groups excluding carboxylic acids is 1. The van der Waals surface area contributed by atoms with Gasteiger partial charge in [-0.3, -0.25) is 4.79 Å². The first-order chi connectivity index (χ1) is 11.7. The van der Waals surface area contributed by atoms with E-state index in [4.69, 9.17) is 5.73 Å². The third-order valence-electron chi connectivity index (χ3n) is 4.65. The second kappa shape index (κ2) is 10.5. The van der Waals surface area contributed by atoms with E-state index in [1.807, 2.05) is 29.2 Å². The number of nitrogens with zero attached hydrogens (tertiary/aromatic N) is 5. The normalized spacial score (nSPS) is 14.7. The summed E-state index contributed by atoms with van der Waals surface area (Å²) in [5.41, 5.74) is 7.23. The van der Waals surface area contributed by atoms with Crippen molar-refractivity contribution in [3.05, 3.63) is 42.5 Å². The van der Waals surface area contributed by atoms with Gasteiger partial charge in [-0.1, -0.05) is 0 Å². The second-order valence-corrected chi connectivity index (χ2v) is 6.18. The van der Waals surface area contributed by atoms with Crippen molar-refractivity contribution in [1.29, 1.82) is 0 Å². The maximum atomic E-state index is 12.7. The molecule has 0 atom stereocenters. The van der Waals surface area contributed by atoms with E-state index in [2.05, 4.69) is 22.0 Å². The third-order valence-corrected chi connectivity index (χ3v) is 4.65.